The van der Waals surface area contributed by atoms with E-state index in [-0.39, 0.29) is 0 Å². The molecular formula is C16H24Si. The molecule has 1 atom stereocenters. The molecule has 17 heavy (non-hydrogen) atoms. The molecule has 0 amide bonds. The van der Waals surface area contributed by atoms with Gasteiger partial charge in [-0.3, -0.25) is 0 Å². The Morgan fingerprint density at radius 2 is 1.59 bits per heavy atom. The lowest BCUT2D eigenvalue weighted by Gasteiger charge is -2.42. The molecule has 0 bridgehead atoms. The van der Waals surface area contributed by atoms with Crippen LogP contribution >= 0.6 is 0 Å². The van der Waals surface area contributed by atoms with Gasteiger partial charge in [-0.1, -0.05) is 80.7 Å². The van der Waals surface area contributed by atoms with Crippen molar-refractivity contribution in [1.82, 2.24) is 0 Å². The van der Waals surface area contributed by atoms with Crippen molar-refractivity contribution >= 4 is 13.3 Å². The van der Waals surface area contributed by atoms with E-state index in [1.807, 2.05) is 0 Å². The predicted molar refractivity (Wildman–Crippen MR) is 79.2 cm³/mol. The fourth-order valence-corrected chi connectivity index (χ4v) is 5.25. The zero-order valence-electron chi connectivity index (χ0n) is 11.7. The third kappa shape index (κ3) is 2.39. The first kappa shape index (κ1) is 12.6. The van der Waals surface area contributed by atoms with E-state index in [2.05, 4.69) is 70.3 Å². The largest absolute Gasteiger partial charge is 0.107 e. The van der Waals surface area contributed by atoms with E-state index in [1.54, 1.807) is 10.4 Å². The Morgan fingerprint density at radius 3 is 2.06 bits per heavy atom. The summed E-state index contributed by atoms with van der Waals surface area (Å²) in [7, 11) is -1.36. The maximum absolute atomic E-state index is 2.55. The highest BCUT2D eigenvalue weighted by atomic mass is 28.3. The molecule has 2 rings (SSSR count). The van der Waals surface area contributed by atoms with Crippen LogP contribution in [0.15, 0.2) is 41.6 Å². The fraction of sp³-hybridized carbons (Fsp3) is 0.500. The van der Waals surface area contributed by atoms with Crippen molar-refractivity contribution in [2.45, 2.75) is 40.3 Å². The molecule has 0 nitrogen and oxygen atoms in total. The molecule has 1 aliphatic rings. The molecular weight excluding hydrogens is 220 g/mol. The number of hydrogen-bond acceptors (Lipinski definition) is 0. The second kappa shape index (κ2) is 4.13. The Kier molecular flexibility index (Phi) is 3.07. The predicted octanol–water partition coefficient (Wildman–Crippen LogP) is 4.13. The van der Waals surface area contributed by atoms with Crippen LogP contribution < -0.4 is 5.19 Å². The molecule has 0 saturated heterocycles. The molecule has 0 radical (unpaired) electrons. The minimum absolute atomic E-state index is 0.435. The van der Waals surface area contributed by atoms with Gasteiger partial charge in [-0.15, -0.1) is 0 Å². The van der Waals surface area contributed by atoms with Gasteiger partial charge < -0.3 is 0 Å². The van der Waals surface area contributed by atoms with Crippen molar-refractivity contribution in [3.05, 3.63) is 41.6 Å². The monoisotopic (exact) mass is 244 g/mol. The van der Waals surface area contributed by atoms with Crippen molar-refractivity contribution in [2.24, 2.45) is 11.3 Å². The highest BCUT2D eigenvalue weighted by Crippen LogP contribution is 2.42. The van der Waals surface area contributed by atoms with Crippen LogP contribution in [0.4, 0.5) is 0 Å². The average Bonchev–Trinajstić information content (AvgIpc) is 2.13. The summed E-state index contributed by atoms with van der Waals surface area (Å²) < 4.78 is 0. The molecule has 0 aromatic heterocycles. The zero-order chi connectivity index (χ0) is 12.7. The molecule has 0 heterocycles. The maximum atomic E-state index is 2.55. The third-order valence-corrected chi connectivity index (χ3v) is 8.01. The maximum Gasteiger partial charge on any atom is 0.107 e. The molecule has 1 aliphatic carbocycles. The van der Waals surface area contributed by atoms with E-state index in [0.29, 0.717) is 5.41 Å². The Bertz CT molecular complexity index is 421. The molecule has 0 N–H and O–H groups in total. The van der Waals surface area contributed by atoms with Crippen LogP contribution in [0.1, 0.15) is 27.2 Å². The molecule has 92 valence electrons. The molecule has 0 aliphatic heterocycles. The number of allylic oxidation sites excluding steroid dienone is 2. The van der Waals surface area contributed by atoms with Gasteiger partial charge in [-0.2, -0.15) is 0 Å². The van der Waals surface area contributed by atoms with Gasteiger partial charge in [-0.05, 0) is 17.8 Å². The highest BCUT2D eigenvalue weighted by molar-refractivity contribution is 6.95. The quantitative estimate of drug-likeness (QED) is 0.686. The van der Waals surface area contributed by atoms with E-state index < -0.39 is 8.07 Å². The summed E-state index contributed by atoms with van der Waals surface area (Å²) in [5, 5.41) is 3.31. The van der Waals surface area contributed by atoms with Gasteiger partial charge in [-0.25, -0.2) is 0 Å². The summed E-state index contributed by atoms with van der Waals surface area (Å²) in [5.74, 6) is 0.785. The summed E-state index contributed by atoms with van der Waals surface area (Å²) in [5.41, 5.74) is 0.435. The van der Waals surface area contributed by atoms with E-state index >= 15 is 0 Å². The first-order chi connectivity index (χ1) is 7.82. The second-order valence-corrected chi connectivity index (χ2v) is 11.3. The van der Waals surface area contributed by atoms with Crippen LogP contribution in [0.25, 0.3) is 0 Å². The molecule has 0 spiro atoms. The number of hydrogen-bond donors (Lipinski definition) is 0. The first-order valence-corrected chi connectivity index (χ1v) is 9.58. The topological polar surface area (TPSA) is 0 Å². The standard InChI is InChI=1S/C16H24Si/c1-16(2,3)13-11-15(12-13)17(4,5)14-9-7-6-8-10-14/h6-11,13H,12H2,1-5H3. The summed E-state index contributed by atoms with van der Waals surface area (Å²) in [6, 6.07) is 11.1. The van der Waals surface area contributed by atoms with Crippen LogP contribution in [0.5, 0.6) is 0 Å². The van der Waals surface area contributed by atoms with Gasteiger partial charge >= 0.3 is 0 Å². The summed E-state index contributed by atoms with van der Waals surface area (Å²) >= 11 is 0. The average molecular weight is 244 g/mol. The van der Waals surface area contributed by atoms with Crippen LogP contribution in [0.3, 0.4) is 0 Å². The first-order valence-electron chi connectivity index (χ1n) is 6.58. The SMILES string of the molecule is CC(C)(C)C1C=C([Si](C)(C)c2ccccc2)C1. The lowest BCUT2D eigenvalue weighted by molar-refractivity contribution is 0.272. The lowest BCUT2D eigenvalue weighted by atomic mass is 9.73. The van der Waals surface area contributed by atoms with E-state index in [9.17, 15) is 0 Å². The zero-order valence-corrected chi connectivity index (χ0v) is 12.7. The Morgan fingerprint density at radius 1 is 1.06 bits per heavy atom. The minimum Gasteiger partial charge on any atom is -0.0849 e. The van der Waals surface area contributed by atoms with Gasteiger partial charge in [0.15, 0.2) is 0 Å². The number of benzene rings is 1. The summed E-state index contributed by atoms with van der Waals surface area (Å²) in [4.78, 5) is 0. The van der Waals surface area contributed by atoms with Crippen molar-refractivity contribution in [3.63, 3.8) is 0 Å². The molecule has 0 saturated carbocycles. The van der Waals surface area contributed by atoms with Crippen molar-refractivity contribution < 1.29 is 0 Å². The van der Waals surface area contributed by atoms with Gasteiger partial charge in [0, 0.05) is 0 Å². The van der Waals surface area contributed by atoms with E-state index in [1.165, 1.54) is 6.42 Å². The fourth-order valence-electron chi connectivity index (χ4n) is 2.51. The molecule has 0 fully saturated rings. The molecule has 1 aromatic carbocycles. The van der Waals surface area contributed by atoms with Crippen molar-refractivity contribution in [1.29, 1.82) is 0 Å². The minimum atomic E-state index is -1.36. The second-order valence-electron chi connectivity index (χ2n) is 6.86. The smallest absolute Gasteiger partial charge is 0.0849 e. The van der Waals surface area contributed by atoms with Gasteiger partial charge in [0.2, 0.25) is 0 Å². The van der Waals surface area contributed by atoms with Crippen LogP contribution in [-0.4, -0.2) is 8.07 Å². The lowest BCUT2D eigenvalue weighted by Crippen LogP contribution is -2.48. The third-order valence-electron chi connectivity index (χ3n) is 4.25. The Balaban J connectivity index is 2.21. The van der Waals surface area contributed by atoms with Crippen molar-refractivity contribution in [2.75, 3.05) is 0 Å². The van der Waals surface area contributed by atoms with E-state index in [0.717, 1.165) is 5.92 Å². The van der Waals surface area contributed by atoms with Crippen LogP contribution in [0, 0.1) is 11.3 Å². The Hall–Kier alpha value is -0.823. The molecule has 1 heteroatoms. The summed E-state index contributed by atoms with van der Waals surface area (Å²) in [6.07, 6.45) is 3.87. The molecule has 1 unspecified atom stereocenters. The van der Waals surface area contributed by atoms with Crippen LogP contribution in [0.2, 0.25) is 13.1 Å². The van der Waals surface area contributed by atoms with Gasteiger partial charge in [0.05, 0.1) is 0 Å². The molecule has 1 aromatic rings. The Labute approximate surface area is 107 Å². The van der Waals surface area contributed by atoms with E-state index in [4.69, 9.17) is 0 Å². The van der Waals surface area contributed by atoms with Gasteiger partial charge in [0.1, 0.15) is 8.07 Å². The van der Waals surface area contributed by atoms with Crippen molar-refractivity contribution in [3.8, 4) is 0 Å². The highest BCUT2D eigenvalue weighted by Gasteiger charge is 2.38. The summed E-state index contributed by atoms with van der Waals surface area (Å²) in [6.45, 7) is 12.0. The van der Waals surface area contributed by atoms with Crippen LogP contribution in [-0.2, 0) is 0 Å². The normalized spacial score (nSPS) is 20.8. The number of rotatable bonds is 2. The van der Waals surface area contributed by atoms with Gasteiger partial charge in [0.25, 0.3) is 0 Å².